The van der Waals surface area contributed by atoms with E-state index < -0.39 is 5.60 Å². The quantitative estimate of drug-likeness (QED) is 0.635. The zero-order chi connectivity index (χ0) is 19.9. The number of esters is 1. The van der Waals surface area contributed by atoms with Crippen LogP contribution >= 0.6 is 11.5 Å². The second kappa shape index (κ2) is 6.96. The van der Waals surface area contributed by atoms with Crippen LogP contribution in [0.3, 0.4) is 0 Å². The molecule has 1 atom stereocenters. The Hall–Kier alpha value is -2.41. The molecule has 1 aromatic carbocycles. The predicted octanol–water partition coefficient (Wildman–Crippen LogP) is 4.02. The Bertz CT molecular complexity index is 935. The lowest BCUT2D eigenvalue weighted by Crippen LogP contribution is -2.48. The average Bonchev–Trinajstić information content (AvgIpc) is 3.01. The van der Waals surface area contributed by atoms with Crippen molar-refractivity contribution in [1.29, 1.82) is 0 Å². The summed E-state index contributed by atoms with van der Waals surface area (Å²) in [5.74, 6) is 0.776. The van der Waals surface area contributed by atoms with Crippen molar-refractivity contribution >= 4 is 28.4 Å². The number of carbonyl (C=O) groups is 2. The van der Waals surface area contributed by atoms with E-state index in [0.717, 1.165) is 27.9 Å². The summed E-state index contributed by atoms with van der Waals surface area (Å²) in [4.78, 5) is 24.3. The molecule has 0 spiro atoms. The first-order chi connectivity index (χ1) is 12.6. The van der Waals surface area contributed by atoms with E-state index in [-0.39, 0.29) is 11.9 Å². The van der Waals surface area contributed by atoms with Crippen LogP contribution in [0.2, 0.25) is 0 Å². The number of benzene rings is 1. The van der Waals surface area contributed by atoms with E-state index in [1.165, 1.54) is 18.5 Å². The fourth-order valence-corrected chi connectivity index (χ4v) is 4.01. The zero-order valence-electron chi connectivity index (χ0n) is 16.5. The van der Waals surface area contributed by atoms with Gasteiger partial charge in [0.1, 0.15) is 16.5 Å². The molecule has 1 aliphatic heterocycles. The van der Waals surface area contributed by atoms with Gasteiger partial charge in [0.25, 0.3) is 5.91 Å². The van der Waals surface area contributed by atoms with Crippen LogP contribution in [-0.4, -0.2) is 21.9 Å². The van der Waals surface area contributed by atoms with E-state index in [1.54, 1.807) is 0 Å². The average molecular weight is 388 g/mol. The van der Waals surface area contributed by atoms with Gasteiger partial charge in [-0.25, -0.2) is 0 Å². The van der Waals surface area contributed by atoms with Crippen molar-refractivity contribution in [2.75, 3.05) is 5.32 Å². The van der Waals surface area contributed by atoms with E-state index in [9.17, 15) is 9.59 Å². The number of amides is 1. The molecule has 1 aromatic heterocycles. The number of aryl methyl sites for hydroxylation is 1. The Morgan fingerprint density at radius 1 is 1.22 bits per heavy atom. The largest absolute Gasteiger partial charge is 0.477 e. The van der Waals surface area contributed by atoms with E-state index in [4.69, 9.17) is 9.47 Å². The summed E-state index contributed by atoms with van der Waals surface area (Å²) >= 11 is 1.26. The van der Waals surface area contributed by atoms with Gasteiger partial charge in [0.2, 0.25) is 0 Å². The topological polar surface area (TPSA) is 77.5 Å². The molecular formula is C20H24N2O4S. The van der Waals surface area contributed by atoms with Crippen LogP contribution in [0.25, 0.3) is 0 Å². The van der Waals surface area contributed by atoms with Gasteiger partial charge in [-0.3, -0.25) is 9.59 Å². The number of carbonyl (C=O) groups excluding carboxylic acids is 2. The summed E-state index contributed by atoms with van der Waals surface area (Å²) in [5, 5.41) is 3.62. The molecule has 1 amide bonds. The third-order valence-electron chi connectivity index (χ3n) is 5.08. The molecule has 1 aliphatic rings. The highest BCUT2D eigenvalue weighted by atomic mass is 32.1. The Balaban J connectivity index is 1.93. The van der Waals surface area contributed by atoms with Crippen LogP contribution in [0.5, 0.6) is 11.5 Å². The Morgan fingerprint density at radius 2 is 1.93 bits per heavy atom. The minimum Gasteiger partial charge on any atom is -0.477 e. The molecule has 0 radical (unpaired) electrons. The maximum atomic E-state index is 12.9. The molecule has 2 aromatic rings. The van der Waals surface area contributed by atoms with Crippen LogP contribution < -0.4 is 14.8 Å². The fourth-order valence-electron chi connectivity index (χ4n) is 3.36. The lowest BCUT2D eigenvalue weighted by atomic mass is 9.86. The Morgan fingerprint density at radius 3 is 2.52 bits per heavy atom. The molecule has 0 bridgehead atoms. The third-order valence-corrected chi connectivity index (χ3v) is 5.88. The van der Waals surface area contributed by atoms with Crippen LogP contribution in [0, 0.1) is 27.7 Å². The monoisotopic (exact) mass is 388 g/mol. The standard InChI is InChI=1S/C20H24N2O4S/c1-10-9-16(27-22-10)21-19(24)20(6)8-7-15-13(4)17(25-14(5)23)11(2)12(3)18(15)26-20/h9H,7-8H2,1-6H3,(H,21,24). The second-order valence-electron chi connectivity index (χ2n) is 7.23. The van der Waals surface area contributed by atoms with Crippen molar-refractivity contribution in [3.8, 4) is 11.5 Å². The van der Waals surface area contributed by atoms with Crippen molar-refractivity contribution in [2.24, 2.45) is 0 Å². The molecule has 3 rings (SSSR count). The van der Waals surface area contributed by atoms with Gasteiger partial charge in [-0.05, 0) is 75.3 Å². The second-order valence-corrected chi connectivity index (χ2v) is 8.03. The lowest BCUT2D eigenvalue weighted by molar-refractivity contribution is -0.132. The van der Waals surface area contributed by atoms with Gasteiger partial charge >= 0.3 is 5.97 Å². The first-order valence-corrected chi connectivity index (χ1v) is 9.64. The molecule has 6 nitrogen and oxygen atoms in total. The smallest absolute Gasteiger partial charge is 0.308 e. The minimum atomic E-state index is -0.975. The number of aromatic nitrogens is 1. The highest BCUT2D eigenvalue weighted by molar-refractivity contribution is 7.10. The van der Waals surface area contributed by atoms with E-state index in [2.05, 4.69) is 9.69 Å². The number of nitrogens with zero attached hydrogens (tertiary/aromatic N) is 1. The highest BCUT2D eigenvalue weighted by Crippen LogP contribution is 2.44. The van der Waals surface area contributed by atoms with E-state index >= 15 is 0 Å². The Kier molecular flexibility index (Phi) is 4.99. The highest BCUT2D eigenvalue weighted by Gasteiger charge is 2.41. The summed E-state index contributed by atoms with van der Waals surface area (Å²) in [7, 11) is 0. The molecule has 27 heavy (non-hydrogen) atoms. The summed E-state index contributed by atoms with van der Waals surface area (Å²) in [5.41, 5.74) is 3.52. The number of hydrogen-bond acceptors (Lipinski definition) is 6. The SMILES string of the molecule is CC(=O)Oc1c(C)c(C)c2c(c1C)CCC(C)(C(=O)Nc1cc(C)ns1)O2. The van der Waals surface area contributed by atoms with Crippen molar-refractivity contribution < 1.29 is 19.1 Å². The number of fused-ring (bicyclic) bond motifs is 1. The van der Waals surface area contributed by atoms with Crippen LogP contribution in [0.4, 0.5) is 5.00 Å². The molecule has 0 fully saturated rings. The van der Waals surface area contributed by atoms with Gasteiger partial charge in [0, 0.05) is 18.9 Å². The molecule has 144 valence electrons. The summed E-state index contributed by atoms with van der Waals surface area (Å²) in [6.07, 6.45) is 1.20. The van der Waals surface area contributed by atoms with Crippen LogP contribution in [0.1, 0.15) is 48.2 Å². The lowest BCUT2D eigenvalue weighted by Gasteiger charge is -2.36. The first kappa shape index (κ1) is 19.4. The zero-order valence-corrected chi connectivity index (χ0v) is 17.3. The number of hydrogen-bond donors (Lipinski definition) is 1. The molecular weight excluding hydrogens is 364 g/mol. The van der Waals surface area contributed by atoms with Gasteiger partial charge in [0.15, 0.2) is 5.60 Å². The van der Waals surface area contributed by atoms with Crippen LogP contribution in [-0.2, 0) is 16.0 Å². The summed E-state index contributed by atoms with van der Waals surface area (Å²) < 4.78 is 15.9. The van der Waals surface area contributed by atoms with Gasteiger partial charge in [-0.1, -0.05) is 0 Å². The molecule has 1 unspecified atom stereocenters. The molecule has 0 saturated carbocycles. The predicted molar refractivity (Wildman–Crippen MR) is 105 cm³/mol. The maximum Gasteiger partial charge on any atom is 0.308 e. The van der Waals surface area contributed by atoms with Crippen molar-refractivity contribution in [2.45, 2.75) is 60.0 Å². The van der Waals surface area contributed by atoms with Crippen molar-refractivity contribution in [3.05, 3.63) is 34.0 Å². The van der Waals surface area contributed by atoms with Crippen LogP contribution in [0.15, 0.2) is 6.07 Å². The number of rotatable bonds is 3. The van der Waals surface area contributed by atoms with Gasteiger partial charge in [-0.2, -0.15) is 4.37 Å². The molecule has 2 heterocycles. The van der Waals surface area contributed by atoms with Gasteiger partial charge in [0.05, 0.1) is 5.69 Å². The van der Waals surface area contributed by atoms with Gasteiger partial charge in [-0.15, -0.1) is 0 Å². The summed E-state index contributed by atoms with van der Waals surface area (Å²) in [6, 6.07) is 1.84. The first-order valence-electron chi connectivity index (χ1n) is 8.87. The Labute approximate surface area is 163 Å². The van der Waals surface area contributed by atoms with Crippen molar-refractivity contribution in [3.63, 3.8) is 0 Å². The fraction of sp³-hybridized carbons (Fsp3) is 0.450. The van der Waals surface area contributed by atoms with Gasteiger partial charge < -0.3 is 14.8 Å². The van der Waals surface area contributed by atoms with E-state index in [1.807, 2.05) is 40.7 Å². The normalized spacial score (nSPS) is 18.4. The minimum absolute atomic E-state index is 0.185. The number of nitrogens with one attached hydrogen (secondary N) is 1. The maximum absolute atomic E-state index is 12.9. The van der Waals surface area contributed by atoms with E-state index in [0.29, 0.717) is 29.3 Å². The summed E-state index contributed by atoms with van der Waals surface area (Å²) in [6.45, 7) is 10.8. The van der Waals surface area contributed by atoms with Crippen molar-refractivity contribution in [1.82, 2.24) is 4.37 Å². The molecule has 1 N–H and O–H groups in total. The molecule has 7 heteroatoms. The number of ether oxygens (including phenoxy) is 2. The number of anilines is 1. The molecule has 0 aliphatic carbocycles. The third kappa shape index (κ3) is 3.56. The molecule has 0 saturated heterocycles.